The summed E-state index contributed by atoms with van der Waals surface area (Å²) in [7, 11) is 0. The van der Waals surface area contributed by atoms with Crippen molar-refractivity contribution in [1.82, 2.24) is 14.7 Å². The van der Waals surface area contributed by atoms with E-state index in [0.29, 0.717) is 43.9 Å². The maximum Gasteiger partial charge on any atom is 0.264 e. The number of ether oxygens (including phenoxy) is 1. The molecule has 0 radical (unpaired) electrons. The molecule has 0 aliphatic carbocycles. The molecule has 0 aromatic heterocycles. The van der Waals surface area contributed by atoms with E-state index in [9.17, 15) is 9.59 Å². The number of benzene rings is 3. The largest absolute Gasteiger partial charge is 0.484 e. The number of hydrogen-bond donors (Lipinski definition) is 0. The van der Waals surface area contributed by atoms with Crippen LogP contribution < -0.4 is 9.64 Å². The molecule has 2 aliphatic heterocycles. The molecule has 3 aromatic rings. The predicted molar refractivity (Wildman–Crippen MR) is 182 cm³/mol. The fourth-order valence-electron chi connectivity index (χ4n) is 6.73. The second-order valence-electron chi connectivity index (χ2n) is 12.9. The first kappa shape index (κ1) is 32.7. The highest BCUT2D eigenvalue weighted by Gasteiger charge is 2.28. The minimum absolute atomic E-state index is 0.0332. The van der Waals surface area contributed by atoms with Crippen molar-refractivity contribution in [3.63, 3.8) is 0 Å². The highest BCUT2D eigenvalue weighted by Crippen LogP contribution is 2.29. The molecule has 2 heterocycles. The zero-order valence-corrected chi connectivity index (χ0v) is 27.4. The Hall–Kier alpha value is -3.68. The molecule has 2 aliphatic rings. The van der Waals surface area contributed by atoms with E-state index in [2.05, 4.69) is 73.0 Å². The third-order valence-electron chi connectivity index (χ3n) is 9.36. The van der Waals surface area contributed by atoms with Crippen molar-refractivity contribution in [1.29, 1.82) is 0 Å². The van der Waals surface area contributed by atoms with E-state index >= 15 is 0 Å². The minimum Gasteiger partial charge on any atom is -0.484 e. The average Bonchev–Trinajstić information content (AvgIpc) is 3.08. The third kappa shape index (κ3) is 9.18. The van der Waals surface area contributed by atoms with Crippen molar-refractivity contribution in [2.75, 3.05) is 57.3 Å². The summed E-state index contributed by atoms with van der Waals surface area (Å²) in [5, 5.41) is 0. The molecule has 7 heteroatoms. The number of amides is 2. The van der Waals surface area contributed by atoms with E-state index in [4.69, 9.17) is 4.74 Å². The molecule has 5 rings (SSSR count). The molecule has 0 unspecified atom stereocenters. The second kappa shape index (κ2) is 16.1. The second-order valence-corrected chi connectivity index (χ2v) is 12.9. The molecule has 0 atom stereocenters. The van der Waals surface area contributed by atoms with Gasteiger partial charge in [0.1, 0.15) is 5.75 Å². The highest BCUT2D eigenvalue weighted by atomic mass is 16.5. The standard InChI is InChI=1S/C38H50N4O3/c1-30(2)40-20-11-21-42(37(44)29-45-35-16-8-5-9-17-35)38-31(3)12-10-15-34(38)27-41(25-24-40)36(43)28-39-22-18-33(19-23-39)26-32-13-6-4-7-14-32/h4-10,12-17,30,33H,11,18-29H2,1-3H3. The molecule has 7 nitrogen and oxygen atoms in total. The molecular weight excluding hydrogens is 560 g/mol. The lowest BCUT2D eigenvalue weighted by molar-refractivity contribution is -0.133. The van der Waals surface area contributed by atoms with Crippen LogP contribution in [0.1, 0.15) is 49.8 Å². The van der Waals surface area contributed by atoms with Gasteiger partial charge in [-0.15, -0.1) is 0 Å². The molecule has 1 fully saturated rings. The number of likely N-dealkylation sites (tertiary alicyclic amines) is 1. The molecule has 0 N–H and O–H groups in total. The Bertz CT molecular complexity index is 1370. The van der Waals surface area contributed by atoms with Crippen molar-refractivity contribution in [3.05, 3.63) is 95.6 Å². The number of carbonyl (C=O) groups excluding carboxylic acids is 2. The van der Waals surface area contributed by atoms with Gasteiger partial charge in [-0.1, -0.05) is 66.7 Å². The summed E-state index contributed by atoms with van der Waals surface area (Å²) >= 11 is 0. The number of anilines is 1. The molecule has 0 bridgehead atoms. The van der Waals surface area contributed by atoms with Gasteiger partial charge in [0, 0.05) is 38.8 Å². The van der Waals surface area contributed by atoms with Crippen LogP contribution in [0.5, 0.6) is 5.75 Å². The van der Waals surface area contributed by atoms with E-state index < -0.39 is 0 Å². The number of piperidine rings is 1. The Labute approximate surface area is 269 Å². The molecule has 45 heavy (non-hydrogen) atoms. The first-order chi connectivity index (χ1) is 21.9. The van der Waals surface area contributed by atoms with Crippen LogP contribution in [-0.2, 0) is 22.6 Å². The molecule has 0 saturated carbocycles. The summed E-state index contributed by atoms with van der Waals surface area (Å²) in [6.07, 6.45) is 4.19. The zero-order chi connectivity index (χ0) is 31.6. The third-order valence-corrected chi connectivity index (χ3v) is 9.36. The number of para-hydroxylation sites is 2. The van der Waals surface area contributed by atoms with Gasteiger partial charge in [-0.3, -0.25) is 19.4 Å². The van der Waals surface area contributed by atoms with Gasteiger partial charge in [-0.25, -0.2) is 0 Å². The van der Waals surface area contributed by atoms with Gasteiger partial charge < -0.3 is 14.5 Å². The maximum absolute atomic E-state index is 14.0. The summed E-state index contributed by atoms with van der Waals surface area (Å²) in [5.74, 6) is 1.44. The number of rotatable bonds is 8. The zero-order valence-electron chi connectivity index (χ0n) is 27.4. The Morgan fingerprint density at radius 1 is 0.800 bits per heavy atom. The highest BCUT2D eigenvalue weighted by molar-refractivity contribution is 5.96. The minimum atomic E-state index is -0.0685. The van der Waals surface area contributed by atoms with Gasteiger partial charge in [0.25, 0.3) is 5.91 Å². The van der Waals surface area contributed by atoms with Crippen LogP contribution >= 0.6 is 0 Å². The molecule has 240 valence electrons. The molecule has 2 amide bonds. The van der Waals surface area contributed by atoms with Crippen LogP contribution in [-0.4, -0.2) is 85.0 Å². The van der Waals surface area contributed by atoms with Gasteiger partial charge in [-0.2, -0.15) is 0 Å². The average molecular weight is 611 g/mol. The van der Waals surface area contributed by atoms with Crippen LogP contribution in [0.25, 0.3) is 0 Å². The summed E-state index contributed by atoms with van der Waals surface area (Å²) in [4.78, 5) is 36.5. The van der Waals surface area contributed by atoms with Crippen LogP contribution in [0.4, 0.5) is 5.69 Å². The lowest BCUT2D eigenvalue weighted by Crippen LogP contribution is -2.46. The van der Waals surface area contributed by atoms with Crippen molar-refractivity contribution in [2.45, 2.75) is 59.0 Å². The summed E-state index contributed by atoms with van der Waals surface area (Å²) in [6.45, 7) is 12.2. The quantitative estimate of drug-likeness (QED) is 0.323. The smallest absolute Gasteiger partial charge is 0.264 e. The van der Waals surface area contributed by atoms with Gasteiger partial charge in [0.2, 0.25) is 5.91 Å². The topological polar surface area (TPSA) is 56.3 Å². The first-order valence-electron chi connectivity index (χ1n) is 16.7. The molecule has 0 spiro atoms. The normalized spacial score (nSPS) is 17.5. The summed E-state index contributed by atoms with van der Waals surface area (Å²) in [6, 6.07) is 26.8. The fraction of sp³-hybridized carbons (Fsp3) is 0.474. The Balaban J connectivity index is 1.31. The Kier molecular flexibility index (Phi) is 11.7. The number of aryl methyl sites for hydroxylation is 1. The molecule has 3 aromatic carbocycles. The first-order valence-corrected chi connectivity index (χ1v) is 16.7. The van der Waals surface area contributed by atoms with E-state index in [1.165, 1.54) is 5.56 Å². The van der Waals surface area contributed by atoms with Gasteiger partial charge in [0.05, 0.1) is 12.2 Å². The van der Waals surface area contributed by atoms with E-state index in [1.807, 2.05) is 46.2 Å². The number of nitrogens with zero attached hydrogens (tertiary/aromatic N) is 4. The van der Waals surface area contributed by atoms with E-state index in [0.717, 1.165) is 68.7 Å². The van der Waals surface area contributed by atoms with Gasteiger partial charge in [-0.05, 0) is 94.3 Å². The summed E-state index contributed by atoms with van der Waals surface area (Å²) in [5.41, 5.74) is 4.36. The van der Waals surface area contributed by atoms with Crippen molar-refractivity contribution < 1.29 is 14.3 Å². The van der Waals surface area contributed by atoms with Crippen molar-refractivity contribution in [3.8, 4) is 5.75 Å². The van der Waals surface area contributed by atoms with E-state index in [-0.39, 0.29) is 18.4 Å². The van der Waals surface area contributed by atoms with Crippen molar-refractivity contribution >= 4 is 17.5 Å². The maximum atomic E-state index is 14.0. The number of fused-ring (bicyclic) bond motifs is 1. The number of hydrogen-bond acceptors (Lipinski definition) is 5. The summed E-state index contributed by atoms with van der Waals surface area (Å²) < 4.78 is 5.90. The SMILES string of the molecule is Cc1cccc2c1N(C(=O)COc1ccccc1)CCCN(C(C)C)CCN(C(=O)CN1CCC(Cc3ccccc3)CC1)C2. The Morgan fingerprint density at radius 3 is 2.22 bits per heavy atom. The number of carbonyl (C=O) groups is 2. The molecular formula is C38H50N4O3. The monoisotopic (exact) mass is 610 g/mol. The Morgan fingerprint density at radius 2 is 1.51 bits per heavy atom. The van der Waals surface area contributed by atoms with Gasteiger partial charge in [0.15, 0.2) is 6.61 Å². The van der Waals surface area contributed by atoms with Crippen LogP contribution in [0.15, 0.2) is 78.9 Å². The van der Waals surface area contributed by atoms with Gasteiger partial charge >= 0.3 is 0 Å². The lowest BCUT2D eigenvalue weighted by atomic mass is 9.90. The van der Waals surface area contributed by atoms with Crippen LogP contribution in [0.2, 0.25) is 0 Å². The fourth-order valence-corrected chi connectivity index (χ4v) is 6.73. The van der Waals surface area contributed by atoms with Crippen LogP contribution in [0, 0.1) is 12.8 Å². The lowest BCUT2D eigenvalue weighted by Gasteiger charge is -2.34. The van der Waals surface area contributed by atoms with E-state index in [1.54, 1.807) is 0 Å². The molecule has 1 saturated heterocycles. The predicted octanol–water partition coefficient (Wildman–Crippen LogP) is 5.80. The van der Waals surface area contributed by atoms with Crippen LogP contribution in [0.3, 0.4) is 0 Å². The van der Waals surface area contributed by atoms with Crippen molar-refractivity contribution in [2.24, 2.45) is 5.92 Å².